The predicted octanol–water partition coefficient (Wildman–Crippen LogP) is 2.90. The molecule has 0 radical (unpaired) electrons. The third-order valence-electron chi connectivity index (χ3n) is 3.31. The fraction of sp³-hybridized carbons (Fsp3) is 0.400. The van der Waals surface area contributed by atoms with E-state index in [9.17, 15) is 4.79 Å². The molecule has 0 saturated carbocycles. The number of aromatic nitrogens is 5. The van der Waals surface area contributed by atoms with Crippen molar-refractivity contribution in [3.8, 4) is 0 Å². The highest BCUT2D eigenvalue weighted by Gasteiger charge is 2.19. The Hall–Kier alpha value is -2.00. The van der Waals surface area contributed by atoms with E-state index in [0.717, 1.165) is 14.8 Å². The Balaban J connectivity index is 1.90. The van der Waals surface area contributed by atoms with Crippen molar-refractivity contribution in [2.24, 2.45) is 0 Å². The average molecular weight is 363 g/mol. The minimum absolute atomic E-state index is 0.0204. The molecule has 126 valence electrons. The molecule has 3 heterocycles. The number of nitrogens with zero attached hydrogens (tertiary/aromatic N) is 5. The summed E-state index contributed by atoms with van der Waals surface area (Å²) in [6.45, 7) is 6.50. The molecule has 0 aliphatic heterocycles. The van der Waals surface area contributed by atoms with Gasteiger partial charge in [-0.3, -0.25) is 4.79 Å². The summed E-state index contributed by atoms with van der Waals surface area (Å²) in [5.41, 5.74) is 0.675. The van der Waals surface area contributed by atoms with Crippen LogP contribution in [0, 0.1) is 0 Å². The van der Waals surface area contributed by atoms with E-state index < -0.39 is 0 Å². The number of esters is 1. The van der Waals surface area contributed by atoms with Gasteiger partial charge in [-0.15, -0.1) is 11.3 Å². The van der Waals surface area contributed by atoms with Crippen LogP contribution >= 0.6 is 23.1 Å². The van der Waals surface area contributed by atoms with Gasteiger partial charge in [0.25, 0.3) is 0 Å². The Morgan fingerprint density at radius 3 is 2.75 bits per heavy atom. The van der Waals surface area contributed by atoms with Crippen LogP contribution in [0.3, 0.4) is 0 Å². The molecule has 0 spiro atoms. The van der Waals surface area contributed by atoms with Gasteiger partial charge in [-0.25, -0.2) is 19.6 Å². The van der Waals surface area contributed by atoms with Crippen molar-refractivity contribution in [3.05, 3.63) is 23.6 Å². The predicted molar refractivity (Wildman–Crippen MR) is 92.3 cm³/mol. The van der Waals surface area contributed by atoms with Crippen molar-refractivity contribution in [1.29, 1.82) is 0 Å². The van der Waals surface area contributed by atoms with E-state index in [0.29, 0.717) is 5.65 Å². The van der Waals surface area contributed by atoms with Crippen LogP contribution in [0.25, 0.3) is 11.0 Å². The van der Waals surface area contributed by atoms with Gasteiger partial charge in [0.15, 0.2) is 9.99 Å². The number of hydrogen-bond donors (Lipinski definition) is 0. The fourth-order valence-electron chi connectivity index (χ4n) is 1.99. The fourth-order valence-corrected chi connectivity index (χ4v) is 3.99. The zero-order valence-electron chi connectivity index (χ0n) is 13.8. The number of hydrogen-bond acceptors (Lipinski definition) is 8. The molecule has 0 aliphatic rings. The Labute approximate surface area is 147 Å². The van der Waals surface area contributed by atoms with Gasteiger partial charge in [0, 0.05) is 11.1 Å². The zero-order chi connectivity index (χ0) is 17.3. The number of ether oxygens (including phenoxy) is 1. The molecule has 0 N–H and O–H groups in total. The van der Waals surface area contributed by atoms with Gasteiger partial charge in [0.2, 0.25) is 0 Å². The standard InChI is InChI=1S/C15H17N5O2S2/c1-15(2,3)10-6-16-14(23-10)24-13-9-5-19-20(7-11(21)22-4)12(9)17-8-18-13/h5-6,8H,7H2,1-4H3. The van der Waals surface area contributed by atoms with Gasteiger partial charge in [0.1, 0.15) is 17.9 Å². The molecule has 0 atom stereocenters. The topological polar surface area (TPSA) is 82.8 Å². The van der Waals surface area contributed by atoms with E-state index in [-0.39, 0.29) is 17.9 Å². The first-order valence-electron chi connectivity index (χ1n) is 7.26. The van der Waals surface area contributed by atoms with E-state index in [2.05, 4.69) is 45.6 Å². The van der Waals surface area contributed by atoms with Crippen LogP contribution in [-0.4, -0.2) is 37.8 Å². The molecule has 24 heavy (non-hydrogen) atoms. The lowest BCUT2D eigenvalue weighted by Crippen LogP contribution is -2.12. The number of carbonyl (C=O) groups excluding carboxylic acids is 1. The SMILES string of the molecule is COC(=O)Cn1ncc2c(Sc3ncc(C(C)(C)C)s3)ncnc21. The van der Waals surface area contributed by atoms with Crippen LogP contribution in [0.2, 0.25) is 0 Å². The van der Waals surface area contributed by atoms with Crippen molar-refractivity contribution >= 4 is 40.1 Å². The summed E-state index contributed by atoms with van der Waals surface area (Å²) in [6, 6.07) is 0. The van der Waals surface area contributed by atoms with Crippen LogP contribution in [0.4, 0.5) is 0 Å². The first-order valence-corrected chi connectivity index (χ1v) is 8.89. The third kappa shape index (κ3) is 3.41. The normalized spacial score (nSPS) is 11.8. The lowest BCUT2D eigenvalue weighted by atomic mass is 9.96. The highest BCUT2D eigenvalue weighted by Crippen LogP contribution is 2.37. The van der Waals surface area contributed by atoms with Gasteiger partial charge in [-0.2, -0.15) is 5.10 Å². The van der Waals surface area contributed by atoms with E-state index in [1.54, 1.807) is 17.5 Å². The molecule has 3 aromatic heterocycles. The molecule has 0 aliphatic carbocycles. The van der Waals surface area contributed by atoms with Crippen molar-refractivity contribution in [3.63, 3.8) is 0 Å². The maximum atomic E-state index is 11.5. The smallest absolute Gasteiger partial charge is 0.327 e. The molecule has 0 fully saturated rings. The molecule has 9 heteroatoms. The number of fused-ring (bicyclic) bond motifs is 1. The summed E-state index contributed by atoms with van der Waals surface area (Å²) in [7, 11) is 1.35. The van der Waals surface area contributed by atoms with Crippen molar-refractivity contribution < 1.29 is 9.53 Å². The second-order valence-corrected chi connectivity index (χ2v) is 8.40. The Morgan fingerprint density at radius 1 is 1.29 bits per heavy atom. The molecule has 0 aromatic carbocycles. The molecule has 7 nitrogen and oxygen atoms in total. The minimum Gasteiger partial charge on any atom is -0.468 e. The summed E-state index contributed by atoms with van der Waals surface area (Å²) >= 11 is 3.13. The van der Waals surface area contributed by atoms with E-state index in [1.807, 2.05) is 6.20 Å². The molecule has 0 saturated heterocycles. The zero-order valence-corrected chi connectivity index (χ0v) is 15.4. The lowest BCUT2D eigenvalue weighted by molar-refractivity contribution is -0.141. The van der Waals surface area contributed by atoms with Gasteiger partial charge in [0.05, 0.1) is 18.7 Å². The van der Waals surface area contributed by atoms with Crippen LogP contribution < -0.4 is 0 Å². The molecule has 0 unspecified atom stereocenters. The molecule has 0 bridgehead atoms. The van der Waals surface area contributed by atoms with E-state index in [1.165, 1.54) is 34.8 Å². The first-order chi connectivity index (χ1) is 11.4. The highest BCUT2D eigenvalue weighted by atomic mass is 32.2. The highest BCUT2D eigenvalue weighted by molar-refractivity contribution is 8.01. The van der Waals surface area contributed by atoms with Crippen molar-refractivity contribution in [2.45, 2.75) is 42.1 Å². The first kappa shape index (κ1) is 16.8. The average Bonchev–Trinajstić information content (AvgIpc) is 3.15. The van der Waals surface area contributed by atoms with E-state index in [4.69, 9.17) is 0 Å². The third-order valence-corrected chi connectivity index (χ3v) is 5.83. The van der Waals surface area contributed by atoms with E-state index >= 15 is 0 Å². The summed E-state index contributed by atoms with van der Waals surface area (Å²) in [6.07, 6.45) is 5.04. The number of rotatable bonds is 4. The molecular formula is C15H17N5O2S2. The van der Waals surface area contributed by atoms with Crippen LogP contribution in [0.5, 0.6) is 0 Å². The lowest BCUT2D eigenvalue weighted by Gasteiger charge is -2.14. The summed E-state index contributed by atoms with van der Waals surface area (Å²) in [4.78, 5) is 25.7. The Bertz CT molecular complexity index is 881. The number of carbonyl (C=O) groups is 1. The summed E-state index contributed by atoms with van der Waals surface area (Å²) < 4.78 is 7.10. The Morgan fingerprint density at radius 2 is 2.08 bits per heavy atom. The molecule has 3 aromatic rings. The number of thiazole rings is 1. The second kappa shape index (κ2) is 6.48. The monoisotopic (exact) mass is 363 g/mol. The summed E-state index contributed by atoms with van der Waals surface area (Å²) in [5.74, 6) is -0.373. The van der Waals surface area contributed by atoms with Crippen molar-refractivity contribution in [1.82, 2.24) is 24.7 Å². The quantitative estimate of drug-likeness (QED) is 0.520. The molecular weight excluding hydrogens is 346 g/mol. The van der Waals surface area contributed by atoms with Crippen LogP contribution in [0.15, 0.2) is 28.1 Å². The number of methoxy groups -OCH3 is 1. The van der Waals surface area contributed by atoms with Crippen LogP contribution in [0.1, 0.15) is 25.6 Å². The maximum Gasteiger partial charge on any atom is 0.327 e. The van der Waals surface area contributed by atoms with Gasteiger partial charge in [-0.1, -0.05) is 20.8 Å². The van der Waals surface area contributed by atoms with Crippen molar-refractivity contribution in [2.75, 3.05) is 7.11 Å². The second-order valence-electron chi connectivity index (χ2n) is 6.14. The van der Waals surface area contributed by atoms with Gasteiger partial charge < -0.3 is 4.74 Å². The summed E-state index contributed by atoms with van der Waals surface area (Å²) in [5, 5.41) is 5.77. The van der Waals surface area contributed by atoms with Gasteiger partial charge >= 0.3 is 5.97 Å². The maximum absolute atomic E-state index is 11.5. The minimum atomic E-state index is -0.373. The molecule has 3 rings (SSSR count). The van der Waals surface area contributed by atoms with Crippen LogP contribution in [-0.2, 0) is 21.5 Å². The molecule has 0 amide bonds. The largest absolute Gasteiger partial charge is 0.468 e. The van der Waals surface area contributed by atoms with Gasteiger partial charge in [-0.05, 0) is 17.2 Å². The Kier molecular flexibility index (Phi) is 4.55.